The number of anilines is 1. The van der Waals surface area contributed by atoms with Crippen LogP contribution < -0.4 is 4.90 Å². The van der Waals surface area contributed by atoms with Crippen molar-refractivity contribution in [2.24, 2.45) is 0 Å². The van der Waals surface area contributed by atoms with Gasteiger partial charge in [-0.1, -0.05) is 11.6 Å². The highest BCUT2D eigenvalue weighted by molar-refractivity contribution is 6.34. The molecule has 6 heteroatoms. The van der Waals surface area contributed by atoms with E-state index in [9.17, 15) is 14.7 Å². The molecular formula is C13H7ClN2O3. The molecule has 2 aromatic rings. The van der Waals surface area contributed by atoms with Gasteiger partial charge in [-0.25, -0.2) is 4.90 Å². The summed E-state index contributed by atoms with van der Waals surface area (Å²) in [6.45, 7) is 0. The van der Waals surface area contributed by atoms with Crippen LogP contribution in [0.5, 0.6) is 5.75 Å². The quantitative estimate of drug-likeness (QED) is 0.810. The number of hydrogen-bond donors (Lipinski definition) is 1. The summed E-state index contributed by atoms with van der Waals surface area (Å²) in [5.74, 6) is -1.17. The second-order valence-corrected chi connectivity index (χ2v) is 4.39. The van der Waals surface area contributed by atoms with Crippen LogP contribution in [0, 0.1) is 0 Å². The van der Waals surface area contributed by atoms with Crippen molar-refractivity contribution >= 4 is 29.1 Å². The van der Waals surface area contributed by atoms with Crippen LogP contribution in [-0.4, -0.2) is 21.9 Å². The topological polar surface area (TPSA) is 70.5 Å². The lowest BCUT2D eigenvalue weighted by atomic mass is 10.2. The molecule has 5 nitrogen and oxygen atoms in total. The van der Waals surface area contributed by atoms with E-state index in [1.807, 2.05) is 0 Å². The normalized spacial score (nSPS) is 13.8. The van der Waals surface area contributed by atoms with E-state index in [0.29, 0.717) is 0 Å². The van der Waals surface area contributed by atoms with E-state index in [0.717, 1.165) is 4.90 Å². The van der Waals surface area contributed by atoms with Gasteiger partial charge in [-0.15, -0.1) is 0 Å². The fraction of sp³-hybridized carbons (Fsp3) is 0. The van der Waals surface area contributed by atoms with Gasteiger partial charge in [0.2, 0.25) is 0 Å². The fourth-order valence-electron chi connectivity index (χ4n) is 1.94. The molecule has 0 unspecified atom stereocenters. The second-order valence-electron chi connectivity index (χ2n) is 3.98. The minimum absolute atomic E-state index is 0.113. The summed E-state index contributed by atoms with van der Waals surface area (Å²) in [5, 5.41) is 9.70. The first kappa shape index (κ1) is 11.7. The molecule has 1 aliphatic heterocycles. The van der Waals surface area contributed by atoms with Crippen molar-refractivity contribution < 1.29 is 14.7 Å². The molecule has 0 saturated heterocycles. The van der Waals surface area contributed by atoms with Crippen LogP contribution in [0.4, 0.5) is 5.69 Å². The van der Waals surface area contributed by atoms with Gasteiger partial charge in [-0.3, -0.25) is 14.6 Å². The predicted octanol–water partition coefficient (Wildman–Crippen LogP) is 2.24. The first-order valence-corrected chi connectivity index (χ1v) is 5.79. The van der Waals surface area contributed by atoms with Crippen molar-refractivity contribution in [1.82, 2.24) is 4.98 Å². The smallest absolute Gasteiger partial charge is 0.284 e. The zero-order chi connectivity index (χ0) is 13.6. The maximum absolute atomic E-state index is 12.2. The van der Waals surface area contributed by atoms with E-state index in [4.69, 9.17) is 11.6 Å². The van der Waals surface area contributed by atoms with E-state index < -0.39 is 11.8 Å². The van der Waals surface area contributed by atoms with Gasteiger partial charge in [-0.2, -0.15) is 0 Å². The number of carbonyl (C=O) groups excluding carboxylic acids is 2. The summed E-state index contributed by atoms with van der Waals surface area (Å²) in [6, 6.07) is 7.31. The second kappa shape index (κ2) is 4.07. The Kier molecular flexibility index (Phi) is 2.50. The highest BCUT2D eigenvalue weighted by Crippen LogP contribution is 2.32. The molecule has 0 bridgehead atoms. The Morgan fingerprint density at radius 1 is 1.16 bits per heavy atom. The van der Waals surface area contributed by atoms with Crippen LogP contribution >= 0.6 is 11.6 Å². The van der Waals surface area contributed by atoms with Crippen LogP contribution in [0.25, 0.3) is 0 Å². The summed E-state index contributed by atoms with van der Waals surface area (Å²) in [4.78, 5) is 29.2. The van der Waals surface area contributed by atoms with Crippen LogP contribution in [0.3, 0.4) is 0 Å². The summed E-state index contributed by atoms with van der Waals surface area (Å²) >= 11 is 5.70. The lowest BCUT2D eigenvalue weighted by molar-refractivity contribution is 0.0925. The Balaban J connectivity index is 2.11. The zero-order valence-electron chi connectivity index (χ0n) is 9.50. The molecule has 0 atom stereocenters. The largest absolute Gasteiger partial charge is 0.506 e. The number of pyridine rings is 1. The third-order valence-corrected chi connectivity index (χ3v) is 3.15. The van der Waals surface area contributed by atoms with Crippen molar-refractivity contribution in [2.45, 2.75) is 0 Å². The number of carbonyl (C=O) groups is 2. The number of rotatable bonds is 1. The Labute approximate surface area is 113 Å². The SMILES string of the molecule is O=C1c2cccnc2C(=O)N1c1ccc(Cl)c(O)c1. The lowest BCUT2D eigenvalue weighted by Crippen LogP contribution is -2.29. The molecule has 3 rings (SSSR count). The molecule has 0 radical (unpaired) electrons. The number of phenols is 1. The first-order valence-electron chi connectivity index (χ1n) is 5.42. The van der Waals surface area contributed by atoms with Gasteiger partial charge in [0.15, 0.2) is 0 Å². The van der Waals surface area contributed by atoms with Crippen molar-refractivity contribution in [2.75, 3.05) is 4.90 Å². The average Bonchev–Trinajstić information content (AvgIpc) is 2.66. The average molecular weight is 275 g/mol. The molecule has 1 aliphatic rings. The number of fused-ring (bicyclic) bond motifs is 1. The van der Waals surface area contributed by atoms with E-state index in [2.05, 4.69) is 4.98 Å². The van der Waals surface area contributed by atoms with E-state index >= 15 is 0 Å². The fourth-order valence-corrected chi connectivity index (χ4v) is 2.06. The highest BCUT2D eigenvalue weighted by atomic mass is 35.5. The molecule has 1 aromatic carbocycles. The number of nitrogens with zero attached hydrogens (tertiary/aromatic N) is 2. The standard InChI is InChI=1S/C13H7ClN2O3/c14-9-4-3-7(6-10(9)17)16-12(18)8-2-1-5-15-11(8)13(16)19/h1-6,17H. The molecule has 19 heavy (non-hydrogen) atoms. The van der Waals surface area contributed by atoms with Gasteiger partial charge in [0.25, 0.3) is 11.8 Å². The molecule has 0 saturated carbocycles. The van der Waals surface area contributed by atoms with Gasteiger partial charge in [0, 0.05) is 12.3 Å². The third kappa shape index (κ3) is 1.67. The molecule has 2 heterocycles. The predicted molar refractivity (Wildman–Crippen MR) is 68.5 cm³/mol. The zero-order valence-corrected chi connectivity index (χ0v) is 10.3. The molecule has 1 N–H and O–H groups in total. The number of aromatic nitrogens is 1. The Morgan fingerprint density at radius 2 is 1.95 bits per heavy atom. The molecule has 2 amide bonds. The van der Waals surface area contributed by atoms with Crippen molar-refractivity contribution in [1.29, 1.82) is 0 Å². The number of aromatic hydroxyl groups is 1. The molecule has 94 valence electrons. The minimum atomic E-state index is -0.512. The van der Waals surface area contributed by atoms with Crippen LogP contribution in [0.15, 0.2) is 36.5 Å². The van der Waals surface area contributed by atoms with Crippen molar-refractivity contribution in [3.8, 4) is 5.75 Å². The monoisotopic (exact) mass is 274 g/mol. The lowest BCUT2D eigenvalue weighted by Gasteiger charge is -2.13. The molecule has 1 aromatic heterocycles. The number of hydrogen-bond acceptors (Lipinski definition) is 4. The number of imide groups is 1. The molecule has 0 aliphatic carbocycles. The molecular weight excluding hydrogens is 268 g/mol. The maximum atomic E-state index is 12.2. The van der Waals surface area contributed by atoms with Crippen LogP contribution in [0.1, 0.15) is 20.8 Å². The molecule has 0 spiro atoms. The number of benzene rings is 1. The van der Waals surface area contributed by atoms with Crippen molar-refractivity contribution in [3.63, 3.8) is 0 Å². The van der Waals surface area contributed by atoms with Gasteiger partial charge in [0.1, 0.15) is 11.4 Å². The first-order chi connectivity index (χ1) is 9.09. The maximum Gasteiger partial charge on any atom is 0.284 e. The highest BCUT2D eigenvalue weighted by Gasteiger charge is 2.37. The Hall–Kier alpha value is -2.40. The van der Waals surface area contributed by atoms with Gasteiger partial charge >= 0.3 is 0 Å². The van der Waals surface area contributed by atoms with E-state index in [-0.39, 0.29) is 27.7 Å². The summed E-state index contributed by atoms with van der Waals surface area (Å²) in [7, 11) is 0. The summed E-state index contributed by atoms with van der Waals surface area (Å²) < 4.78 is 0. The van der Waals surface area contributed by atoms with E-state index in [1.165, 1.54) is 24.4 Å². The van der Waals surface area contributed by atoms with Crippen LogP contribution in [-0.2, 0) is 0 Å². The van der Waals surface area contributed by atoms with Gasteiger partial charge < -0.3 is 5.11 Å². The van der Waals surface area contributed by atoms with Gasteiger partial charge in [0.05, 0.1) is 16.3 Å². The third-order valence-electron chi connectivity index (χ3n) is 2.83. The van der Waals surface area contributed by atoms with Gasteiger partial charge in [-0.05, 0) is 24.3 Å². The number of amides is 2. The van der Waals surface area contributed by atoms with Crippen molar-refractivity contribution in [3.05, 3.63) is 52.8 Å². The van der Waals surface area contributed by atoms with E-state index in [1.54, 1.807) is 12.1 Å². The Bertz CT molecular complexity index is 680. The Morgan fingerprint density at radius 3 is 2.63 bits per heavy atom. The number of phenolic OH excluding ortho intramolecular Hbond substituents is 1. The summed E-state index contributed by atoms with van der Waals surface area (Å²) in [6.07, 6.45) is 1.45. The van der Waals surface area contributed by atoms with Crippen LogP contribution in [0.2, 0.25) is 5.02 Å². The minimum Gasteiger partial charge on any atom is -0.506 e. The number of halogens is 1. The molecule has 0 fully saturated rings. The summed E-state index contributed by atoms with van der Waals surface area (Å²) in [5.41, 5.74) is 0.624.